The number of benzene rings is 6. The van der Waals surface area contributed by atoms with Gasteiger partial charge in [0.15, 0.2) is 5.52 Å². The van der Waals surface area contributed by atoms with Gasteiger partial charge in [-0.15, -0.1) is 0 Å². The smallest absolute Gasteiger partial charge is 0.268 e. The third kappa shape index (κ3) is 2.76. The molecule has 6 heteroatoms. The quantitative estimate of drug-likeness (QED) is 0.0765. The maximum Gasteiger partial charge on any atom is 0.298 e. The highest BCUT2D eigenvalue weighted by Gasteiger charge is 2.24. The largest absolute Gasteiger partial charge is 0.298 e. The molecule has 2 heterocycles. The molecule has 0 atom stereocenters. The minimum atomic E-state index is -0.452. The predicted octanol–water partition coefficient (Wildman–Crippen LogP) is 7.41. The SMILES string of the molecule is CC(C)C#Cc1cc([N+](=O)[O-])c2nc3c4ccc5c6cccc7cccc(c8ccc(c(=O)n3c2c1)c4c85)c76. The van der Waals surface area contributed by atoms with Crippen molar-refractivity contribution in [3.63, 3.8) is 0 Å². The number of pyridine rings is 1. The number of hydrogen-bond acceptors (Lipinski definition) is 4. The number of rotatable bonds is 1. The molecule has 39 heavy (non-hydrogen) atoms. The summed E-state index contributed by atoms with van der Waals surface area (Å²) in [5.41, 5.74) is 1.08. The number of nitro groups is 1. The van der Waals surface area contributed by atoms with E-state index in [1.54, 1.807) is 6.07 Å². The van der Waals surface area contributed by atoms with Crippen molar-refractivity contribution >= 4 is 76.2 Å². The second kappa shape index (κ2) is 7.40. The summed E-state index contributed by atoms with van der Waals surface area (Å²) in [5.74, 6) is 6.19. The maximum atomic E-state index is 14.1. The highest BCUT2D eigenvalue weighted by molar-refractivity contribution is 6.37. The molecule has 6 nitrogen and oxygen atoms in total. The van der Waals surface area contributed by atoms with Crippen LogP contribution in [0.15, 0.2) is 77.6 Å². The fourth-order valence-electron chi connectivity index (χ4n) is 6.20. The van der Waals surface area contributed by atoms with Crippen LogP contribution in [0.2, 0.25) is 0 Å². The number of hydrogen-bond donors (Lipinski definition) is 0. The Kier molecular flexibility index (Phi) is 4.13. The molecular formula is C33H19N3O3. The van der Waals surface area contributed by atoms with Gasteiger partial charge in [0.05, 0.1) is 10.4 Å². The van der Waals surface area contributed by atoms with Crippen LogP contribution >= 0.6 is 0 Å². The van der Waals surface area contributed by atoms with Crippen molar-refractivity contribution in [2.75, 3.05) is 0 Å². The van der Waals surface area contributed by atoms with Crippen LogP contribution in [0, 0.1) is 27.9 Å². The minimum Gasteiger partial charge on any atom is -0.268 e. The third-order valence-corrected chi connectivity index (χ3v) is 7.76. The third-order valence-electron chi connectivity index (χ3n) is 7.76. The van der Waals surface area contributed by atoms with Gasteiger partial charge in [0.1, 0.15) is 5.65 Å². The summed E-state index contributed by atoms with van der Waals surface area (Å²) in [5, 5.41) is 22.1. The highest BCUT2D eigenvalue weighted by Crippen LogP contribution is 2.43. The second-order valence-corrected chi connectivity index (χ2v) is 10.4. The average molecular weight is 506 g/mol. The zero-order valence-electron chi connectivity index (χ0n) is 21.1. The van der Waals surface area contributed by atoms with Crippen molar-refractivity contribution in [3.8, 4) is 11.8 Å². The molecule has 0 N–H and O–H groups in total. The van der Waals surface area contributed by atoms with Crippen molar-refractivity contribution in [1.29, 1.82) is 0 Å². The van der Waals surface area contributed by atoms with Crippen LogP contribution in [-0.4, -0.2) is 14.3 Å². The van der Waals surface area contributed by atoms with Crippen LogP contribution in [0.3, 0.4) is 0 Å². The maximum absolute atomic E-state index is 14.1. The lowest BCUT2D eigenvalue weighted by Gasteiger charge is -2.16. The van der Waals surface area contributed by atoms with Crippen LogP contribution in [-0.2, 0) is 0 Å². The molecule has 2 aromatic heterocycles. The summed E-state index contributed by atoms with van der Waals surface area (Å²) in [4.78, 5) is 30.5. The Hall–Kier alpha value is -5.28. The number of non-ortho nitro benzene ring substituents is 1. The van der Waals surface area contributed by atoms with Gasteiger partial charge < -0.3 is 0 Å². The standard InChI is InChI=1S/C33H19N3O3/c1-17(2)9-10-18-15-26-31(27(16-18)36(38)39)34-32-24-13-11-22-20-7-3-5-19-6-4-8-21(28(19)20)23-12-14-25(30(24)29(22)23)33(37)35(26)32/h3-8,11-17H,1-2H3. The van der Waals surface area contributed by atoms with E-state index in [0.29, 0.717) is 22.1 Å². The summed E-state index contributed by atoms with van der Waals surface area (Å²) in [7, 11) is 0. The van der Waals surface area contributed by atoms with E-state index in [2.05, 4.69) is 54.3 Å². The molecule has 0 amide bonds. The first-order valence-corrected chi connectivity index (χ1v) is 12.8. The summed E-state index contributed by atoms with van der Waals surface area (Å²) in [6.45, 7) is 3.91. The Morgan fingerprint density at radius 2 is 1.44 bits per heavy atom. The van der Waals surface area contributed by atoms with E-state index in [1.807, 2.05) is 32.0 Å². The first kappa shape index (κ1) is 21.8. The van der Waals surface area contributed by atoms with Gasteiger partial charge in [-0.3, -0.25) is 19.3 Å². The van der Waals surface area contributed by atoms with Crippen molar-refractivity contribution in [3.05, 3.63) is 98.8 Å². The highest BCUT2D eigenvalue weighted by atomic mass is 16.6. The molecule has 6 aromatic carbocycles. The summed E-state index contributed by atoms with van der Waals surface area (Å²) in [6, 6.07) is 23.8. The number of aromatic nitrogens is 2. The normalized spacial score (nSPS) is 12.2. The first-order valence-electron chi connectivity index (χ1n) is 12.8. The van der Waals surface area contributed by atoms with Crippen molar-refractivity contribution in [2.45, 2.75) is 13.8 Å². The van der Waals surface area contributed by atoms with Crippen molar-refractivity contribution < 1.29 is 4.92 Å². The Morgan fingerprint density at radius 1 is 0.821 bits per heavy atom. The van der Waals surface area contributed by atoms with Crippen LogP contribution in [0.5, 0.6) is 0 Å². The molecule has 0 unspecified atom stereocenters. The minimum absolute atomic E-state index is 0.100. The monoisotopic (exact) mass is 505 g/mol. The number of nitrogens with zero attached hydrogens (tertiary/aromatic N) is 3. The zero-order chi connectivity index (χ0) is 26.6. The zero-order valence-corrected chi connectivity index (χ0v) is 21.1. The number of fused-ring (bicyclic) bond motifs is 6. The number of nitro benzene ring substituents is 1. The lowest BCUT2D eigenvalue weighted by molar-refractivity contribution is -0.383. The van der Waals surface area contributed by atoms with Crippen molar-refractivity contribution in [1.82, 2.24) is 9.38 Å². The van der Waals surface area contributed by atoms with Gasteiger partial charge in [0.25, 0.3) is 11.2 Å². The first-order chi connectivity index (χ1) is 18.9. The molecule has 184 valence electrons. The molecule has 0 spiro atoms. The molecule has 0 saturated heterocycles. The van der Waals surface area contributed by atoms with Crippen LogP contribution in [0.25, 0.3) is 70.5 Å². The Labute approximate surface area is 220 Å². The lowest BCUT2D eigenvalue weighted by Crippen LogP contribution is -2.13. The van der Waals surface area contributed by atoms with Crippen LogP contribution in [0.1, 0.15) is 19.4 Å². The Bertz CT molecular complexity index is 2430. The van der Waals surface area contributed by atoms with Gasteiger partial charge >= 0.3 is 0 Å². The predicted molar refractivity (Wildman–Crippen MR) is 157 cm³/mol. The molecule has 0 fully saturated rings. The molecular weight excluding hydrogens is 486 g/mol. The Balaban J connectivity index is 1.61. The molecule has 0 aliphatic heterocycles. The van der Waals surface area contributed by atoms with E-state index >= 15 is 0 Å². The molecule has 8 rings (SSSR count). The van der Waals surface area contributed by atoms with Crippen LogP contribution < -0.4 is 5.56 Å². The van der Waals surface area contributed by atoms with Gasteiger partial charge in [0, 0.05) is 33.7 Å². The van der Waals surface area contributed by atoms with Gasteiger partial charge in [-0.1, -0.05) is 74.2 Å². The molecule has 0 aliphatic rings. The van der Waals surface area contributed by atoms with E-state index in [1.165, 1.54) is 21.2 Å². The Morgan fingerprint density at radius 3 is 2.10 bits per heavy atom. The molecule has 8 aromatic rings. The van der Waals surface area contributed by atoms with E-state index in [0.717, 1.165) is 37.7 Å². The molecule has 0 bridgehead atoms. The summed E-state index contributed by atoms with van der Waals surface area (Å²) in [6.07, 6.45) is 0. The molecule has 0 aliphatic carbocycles. The average Bonchev–Trinajstić information content (AvgIpc) is 3.33. The van der Waals surface area contributed by atoms with Gasteiger partial charge in [0.2, 0.25) is 0 Å². The van der Waals surface area contributed by atoms with Crippen LogP contribution in [0.4, 0.5) is 5.69 Å². The summed E-state index contributed by atoms with van der Waals surface area (Å²) < 4.78 is 1.51. The van der Waals surface area contributed by atoms with E-state index < -0.39 is 4.92 Å². The fourth-order valence-corrected chi connectivity index (χ4v) is 6.20. The van der Waals surface area contributed by atoms with Gasteiger partial charge in [-0.2, -0.15) is 0 Å². The fraction of sp³-hybridized carbons (Fsp3) is 0.0909. The van der Waals surface area contributed by atoms with E-state index in [9.17, 15) is 14.9 Å². The topological polar surface area (TPSA) is 77.5 Å². The van der Waals surface area contributed by atoms with Crippen molar-refractivity contribution in [2.24, 2.45) is 5.92 Å². The lowest BCUT2D eigenvalue weighted by atomic mass is 9.88. The summed E-state index contributed by atoms with van der Waals surface area (Å²) >= 11 is 0. The number of imidazole rings is 1. The molecule has 0 saturated carbocycles. The molecule has 0 radical (unpaired) electrons. The van der Waals surface area contributed by atoms with Gasteiger partial charge in [-0.05, 0) is 55.9 Å². The van der Waals surface area contributed by atoms with E-state index in [4.69, 9.17) is 4.98 Å². The van der Waals surface area contributed by atoms with E-state index in [-0.39, 0.29) is 22.7 Å². The van der Waals surface area contributed by atoms with Gasteiger partial charge in [-0.25, -0.2) is 4.98 Å². The second-order valence-electron chi connectivity index (χ2n) is 10.4.